The standard InChI is InChI=1S/C32H27ClFN3O3S/c1-2-29(32(40)36-25-11-6-10-23(33)19-25)41-27-13-7-12-26(20-27)35-31(39)28(18-21-14-16-24(34)17-15-21)37-30(38)22-8-4-3-5-9-22/h3-20,29H,2H2,1H3,(H,35,39)(H,36,40)(H,37,38)/b28-18-. The summed E-state index contributed by atoms with van der Waals surface area (Å²) in [4.78, 5) is 39.8. The molecule has 3 amide bonds. The zero-order chi connectivity index (χ0) is 29.2. The Morgan fingerprint density at radius 3 is 2.22 bits per heavy atom. The highest BCUT2D eigenvalue weighted by atomic mass is 35.5. The zero-order valence-corrected chi connectivity index (χ0v) is 23.6. The summed E-state index contributed by atoms with van der Waals surface area (Å²) in [6.07, 6.45) is 2.05. The second-order valence-corrected chi connectivity index (χ2v) is 10.6. The van der Waals surface area contributed by atoms with E-state index in [0.29, 0.717) is 33.9 Å². The molecule has 6 nitrogen and oxygen atoms in total. The number of thioether (sulfide) groups is 1. The highest BCUT2D eigenvalue weighted by molar-refractivity contribution is 8.00. The molecule has 4 aromatic carbocycles. The second-order valence-electron chi connectivity index (χ2n) is 8.93. The quantitative estimate of drug-likeness (QED) is 0.133. The summed E-state index contributed by atoms with van der Waals surface area (Å²) in [7, 11) is 0. The van der Waals surface area contributed by atoms with Gasteiger partial charge in [-0.15, -0.1) is 11.8 Å². The number of benzene rings is 4. The van der Waals surface area contributed by atoms with E-state index in [1.54, 1.807) is 72.8 Å². The fourth-order valence-electron chi connectivity index (χ4n) is 3.79. The number of hydrogen-bond acceptors (Lipinski definition) is 4. The summed E-state index contributed by atoms with van der Waals surface area (Å²) in [6, 6.07) is 28.1. The fourth-order valence-corrected chi connectivity index (χ4v) is 4.99. The van der Waals surface area contributed by atoms with Crippen molar-refractivity contribution in [1.82, 2.24) is 5.32 Å². The third kappa shape index (κ3) is 8.79. The third-order valence-corrected chi connectivity index (χ3v) is 7.43. The molecule has 0 aliphatic heterocycles. The minimum Gasteiger partial charge on any atom is -0.325 e. The fraction of sp³-hybridized carbons (Fsp3) is 0.0938. The molecule has 4 rings (SSSR count). The molecule has 0 aliphatic carbocycles. The monoisotopic (exact) mass is 587 g/mol. The minimum atomic E-state index is -0.563. The highest BCUT2D eigenvalue weighted by Crippen LogP contribution is 2.29. The smallest absolute Gasteiger partial charge is 0.272 e. The van der Waals surface area contributed by atoms with E-state index in [-0.39, 0.29) is 16.9 Å². The maximum atomic E-state index is 13.4. The summed E-state index contributed by atoms with van der Waals surface area (Å²) in [6.45, 7) is 1.92. The topological polar surface area (TPSA) is 87.3 Å². The van der Waals surface area contributed by atoms with E-state index in [9.17, 15) is 18.8 Å². The van der Waals surface area contributed by atoms with Crippen LogP contribution in [-0.2, 0) is 9.59 Å². The number of carbonyl (C=O) groups is 3. The number of halogens is 2. The molecule has 4 aromatic rings. The number of amides is 3. The Kier molecular flexibility index (Phi) is 10.3. The number of nitrogens with one attached hydrogen (secondary N) is 3. The first kappa shape index (κ1) is 29.6. The molecule has 0 aliphatic rings. The maximum absolute atomic E-state index is 13.4. The van der Waals surface area contributed by atoms with Crippen molar-refractivity contribution in [3.63, 3.8) is 0 Å². The van der Waals surface area contributed by atoms with E-state index in [0.717, 1.165) is 4.90 Å². The Labute approximate surface area is 247 Å². The van der Waals surface area contributed by atoms with Crippen LogP contribution in [-0.4, -0.2) is 23.0 Å². The molecule has 0 spiro atoms. The van der Waals surface area contributed by atoms with E-state index in [2.05, 4.69) is 16.0 Å². The van der Waals surface area contributed by atoms with E-state index in [1.807, 2.05) is 13.0 Å². The summed E-state index contributed by atoms with van der Waals surface area (Å²) >= 11 is 7.40. The van der Waals surface area contributed by atoms with Crippen molar-refractivity contribution in [2.45, 2.75) is 23.5 Å². The Morgan fingerprint density at radius 1 is 0.854 bits per heavy atom. The van der Waals surface area contributed by atoms with Gasteiger partial charge in [0, 0.05) is 26.9 Å². The van der Waals surface area contributed by atoms with Gasteiger partial charge in [0.1, 0.15) is 11.5 Å². The van der Waals surface area contributed by atoms with Crippen LogP contribution in [0, 0.1) is 5.82 Å². The molecule has 208 valence electrons. The number of rotatable bonds is 10. The predicted octanol–water partition coefficient (Wildman–Crippen LogP) is 7.40. The van der Waals surface area contributed by atoms with E-state index in [4.69, 9.17) is 11.6 Å². The predicted molar refractivity (Wildman–Crippen MR) is 163 cm³/mol. The van der Waals surface area contributed by atoms with Crippen molar-refractivity contribution < 1.29 is 18.8 Å². The van der Waals surface area contributed by atoms with Crippen LogP contribution in [0.5, 0.6) is 0 Å². The highest BCUT2D eigenvalue weighted by Gasteiger charge is 2.19. The molecule has 0 radical (unpaired) electrons. The van der Waals surface area contributed by atoms with Gasteiger partial charge in [-0.1, -0.05) is 61.0 Å². The van der Waals surface area contributed by atoms with Crippen LogP contribution in [0.15, 0.2) is 114 Å². The first-order valence-electron chi connectivity index (χ1n) is 12.8. The second kappa shape index (κ2) is 14.3. The number of anilines is 2. The Balaban J connectivity index is 1.49. The molecule has 1 atom stereocenters. The molecule has 0 aromatic heterocycles. The lowest BCUT2D eigenvalue weighted by Crippen LogP contribution is -2.30. The molecule has 9 heteroatoms. The van der Waals surface area contributed by atoms with E-state index >= 15 is 0 Å². The van der Waals surface area contributed by atoms with Gasteiger partial charge in [-0.2, -0.15) is 0 Å². The van der Waals surface area contributed by atoms with Crippen molar-refractivity contribution in [3.05, 3.63) is 131 Å². The van der Waals surface area contributed by atoms with Crippen LogP contribution in [0.4, 0.5) is 15.8 Å². The lowest BCUT2D eigenvalue weighted by molar-refractivity contribution is -0.116. The Bertz CT molecular complexity index is 1560. The largest absolute Gasteiger partial charge is 0.325 e. The Morgan fingerprint density at radius 2 is 1.54 bits per heavy atom. The molecule has 41 heavy (non-hydrogen) atoms. The first-order chi connectivity index (χ1) is 19.8. The molecule has 0 saturated heterocycles. The normalized spacial score (nSPS) is 11.8. The molecule has 0 heterocycles. The molecule has 0 saturated carbocycles. The number of carbonyl (C=O) groups excluding carboxylic acids is 3. The van der Waals surface area contributed by atoms with Gasteiger partial charge in [0.25, 0.3) is 11.8 Å². The van der Waals surface area contributed by atoms with Gasteiger partial charge in [0.15, 0.2) is 0 Å². The SMILES string of the molecule is CCC(Sc1cccc(NC(=O)/C(=C/c2ccc(F)cc2)NC(=O)c2ccccc2)c1)C(=O)Nc1cccc(Cl)c1. The van der Waals surface area contributed by atoms with E-state index < -0.39 is 17.6 Å². The minimum absolute atomic E-state index is 0.0177. The molecule has 1 unspecified atom stereocenters. The van der Waals surface area contributed by atoms with Crippen LogP contribution >= 0.6 is 23.4 Å². The molecular formula is C32H27ClFN3O3S. The van der Waals surface area contributed by atoms with Gasteiger partial charge in [0.2, 0.25) is 5.91 Å². The van der Waals surface area contributed by atoms with Crippen LogP contribution < -0.4 is 16.0 Å². The van der Waals surface area contributed by atoms with Crippen molar-refractivity contribution in [2.75, 3.05) is 10.6 Å². The van der Waals surface area contributed by atoms with Gasteiger partial charge < -0.3 is 16.0 Å². The first-order valence-corrected chi connectivity index (χ1v) is 14.0. The summed E-state index contributed by atoms with van der Waals surface area (Å²) in [5.74, 6) is -1.61. The lowest BCUT2D eigenvalue weighted by atomic mass is 10.1. The summed E-state index contributed by atoms with van der Waals surface area (Å²) in [5, 5.41) is 8.50. The Hall–Kier alpha value is -4.40. The van der Waals surface area contributed by atoms with Crippen LogP contribution in [0.1, 0.15) is 29.3 Å². The van der Waals surface area contributed by atoms with Crippen molar-refractivity contribution in [2.24, 2.45) is 0 Å². The van der Waals surface area contributed by atoms with Gasteiger partial charge in [-0.3, -0.25) is 14.4 Å². The van der Waals surface area contributed by atoms with Crippen molar-refractivity contribution >= 4 is 58.5 Å². The average Bonchev–Trinajstić information content (AvgIpc) is 2.97. The van der Waals surface area contributed by atoms with Crippen molar-refractivity contribution in [3.8, 4) is 0 Å². The third-order valence-electron chi connectivity index (χ3n) is 5.84. The maximum Gasteiger partial charge on any atom is 0.272 e. The van der Waals surface area contributed by atoms with Crippen molar-refractivity contribution in [1.29, 1.82) is 0 Å². The molecule has 0 bridgehead atoms. The molecule has 0 fully saturated rings. The van der Waals surface area contributed by atoms with Crippen LogP contribution in [0.2, 0.25) is 5.02 Å². The van der Waals surface area contributed by atoms with Crippen LogP contribution in [0.3, 0.4) is 0 Å². The average molecular weight is 588 g/mol. The van der Waals surface area contributed by atoms with Gasteiger partial charge in [-0.25, -0.2) is 4.39 Å². The van der Waals surface area contributed by atoms with Gasteiger partial charge >= 0.3 is 0 Å². The summed E-state index contributed by atoms with van der Waals surface area (Å²) < 4.78 is 13.4. The lowest BCUT2D eigenvalue weighted by Gasteiger charge is -2.16. The zero-order valence-electron chi connectivity index (χ0n) is 22.1. The van der Waals surface area contributed by atoms with Gasteiger partial charge in [0.05, 0.1) is 5.25 Å². The van der Waals surface area contributed by atoms with Crippen LogP contribution in [0.25, 0.3) is 6.08 Å². The van der Waals surface area contributed by atoms with Gasteiger partial charge in [-0.05, 0) is 78.7 Å². The number of hydrogen-bond donors (Lipinski definition) is 3. The molecule has 3 N–H and O–H groups in total. The summed E-state index contributed by atoms with van der Waals surface area (Å²) in [5.41, 5.74) is 1.98. The molecular weight excluding hydrogens is 561 g/mol. The van der Waals surface area contributed by atoms with E-state index in [1.165, 1.54) is 42.1 Å².